The van der Waals surface area contributed by atoms with E-state index in [9.17, 15) is 18.0 Å². The van der Waals surface area contributed by atoms with Crippen LogP contribution in [0.5, 0.6) is 0 Å². The lowest BCUT2D eigenvalue weighted by Gasteiger charge is -2.32. The summed E-state index contributed by atoms with van der Waals surface area (Å²) in [5.74, 6) is 0.103. The number of nitrogens with one attached hydrogen (secondary N) is 1. The van der Waals surface area contributed by atoms with E-state index < -0.39 is 11.7 Å². The minimum Gasteiger partial charge on any atom is -0.348 e. The molecule has 4 nitrogen and oxygen atoms in total. The lowest BCUT2D eigenvalue weighted by Crippen LogP contribution is -2.45. The van der Waals surface area contributed by atoms with E-state index in [-0.39, 0.29) is 5.91 Å². The molecule has 1 N–H and O–H groups in total. The number of likely N-dealkylation sites (N-methyl/N-ethyl adjacent to an activating group) is 1. The van der Waals surface area contributed by atoms with Crippen LogP contribution >= 0.6 is 0 Å². The van der Waals surface area contributed by atoms with Gasteiger partial charge in [-0.2, -0.15) is 13.2 Å². The topological polar surface area (TPSA) is 35.6 Å². The van der Waals surface area contributed by atoms with E-state index in [0.29, 0.717) is 19.1 Å². The number of carbonyl (C=O) groups is 1. The molecule has 0 radical (unpaired) electrons. The van der Waals surface area contributed by atoms with E-state index in [1.54, 1.807) is 19.0 Å². The summed E-state index contributed by atoms with van der Waals surface area (Å²) in [4.78, 5) is 15.4. The summed E-state index contributed by atoms with van der Waals surface area (Å²) in [5, 5.41) is 3.39. The van der Waals surface area contributed by atoms with Crippen LogP contribution in [0.15, 0.2) is 24.3 Å². The zero-order valence-corrected chi connectivity index (χ0v) is 14.1. The molecule has 1 saturated heterocycles. The van der Waals surface area contributed by atoms with Crippen molar-refractivity contribution < 1.29 is 18.0 Å². The molecule has 0 aliphatic carbocycles. The lowest BCUT2D eigenvalue weighted by atomic mass is 10.0. The fourth-order valence-electron chi connectivity index (χ4n) is 2.70. The molecule has 0 spiro atoms. The minimum atomic E-state index is -4.29. The summed E-state index contributed by atoms with van der Waals surface area (Å²) in [6, 6.07) is 5.60. The van der Waals surface area contributed by atoms with E-state index in [1.165, 1.54) is 12.1 Å². The minimum absolute atomic E-state index is 0.103. The third-order valence-electron chi connectivity index (χ3n) is 4.32. The molecule has 1 fully saturated rings. The Labute approximate surface area is 140 Å². The first-order valence-electron chi connectivity index (χ1n) is 8.07. The van der Waals surface area contributed by atoms with Gasteiger partial charge in [0.05, 0.1) is 12.1 Å². The van der Waals surface area contributed by atoms with Gasteiger partial charge in [-0.25, -0.2) is 0 Å². The molecule has 134 valence electrons. The van der Waals surface area contributed by atoms with Gasteiger partial charge in [0.15, 0.2) is 0 Å². The molecule has 0 saturated carbocycles. The SMILES string of the molecule is CN(C)C(=O)CN1CCC(NCc2ccc(C(F)(F)F)cc2)CC1. The predicted molar refractivity (Wildman–Crippen MR) is 86.4 cm³/mol. The third-order valence-corrected chi connectivity index (χ3v) is 4.32. The average Bonchev–Trinajstić information content (AvgIpc) is 2.53. The van der Waals surface area contributed by atoms with Crippen molar-refractivity contribution in [2.45, 2.75) is 31.6 Å². The Morgan fingerprint density at radius 3 is 2.29 bits per heavy atom. The second-order valence-electron chi connectivity index (χ2n) is 6.41. The normalized spacial score (nSPS) is 17.0. The van der Waals surface area contributed by atoms with Crippen LogP contribution in [0.4, 0.5) is 13.2 Å². The monoisotopic (exact) mass is 343 g/mol. The van der Waals surface area contributed by atoms with Crippen LogP contribution in [0.1, 0.15) is 24.0 Å². The van der Waals surface area contributed by atoms with Crippen LogP contribution in [0.25, 0.3) is 0 Å². The van der Waals surface area contributed by atoms with E-state index in [1.807, 2.05) is 0 Å². The molecule has 1 aliphatic heterocycles. The van der Waals surface area contributed by atoms with Gasteiger partial charge in [-0.1, -0.05) is 12.1 Å². The maximum atomic E-state index is 12.5. The molecule has 0 aromatic heterocycles. The van der Waals surface area contributed by atoms with Crippen molar-refractivity contribution >= 4 is 5.91 Å². The number of benzene rings is 1. The number of amides is 1. The Kier molecular flexibility index (Phi) is 6.23. The van der Waals surface area contributed by atoms with Crippen molar-refractivity contribution in [3.8, 4) is 0 Å². The van der Waals surface area contributed by atoms with Crippen molar-refractivity contribution in [1.82, 2.24) is 15.1 Å². The van der Waals surface area contributed by atoms with Gasteiger partial charge in [0.2, 0.25) is 5.91 Å². The fourth-order valence-corrected chi connectivity index (χ4v) is 2.70. The van der Waals surface area contributed by atoms with Gasteiger partial charge in [-0.05, 0) is 30.5 Å². The van der Waals surface area contributed by atoms with Crippen LogP contribution in [0.3, 0.4) is 0 Å². The Hall–Kier alpha value is -1.60. The number of hydrogen-bond donors (Lipinski definition) is 1. The van der Waals surface area contributed by atoms with E-state index in [2.05, 4.69) is 10.2 Å². The Morgan fingerprint density at radius 2 is 1.79 bits per heavy atom. The number of hydrogen-bond acceptors (Lipinski definition) is 3. The summed E-state index contributed by atoms with van der Waals surface area (Å²) >= 11 is 0. The predicted octanol–water partition coefficient (Wildman–Crippen LogP) is 2.35. The van der Waals surface area contributed by atoms with Crippen LogP contribution in [0, 0.1) is 0 Å². The first-order chi connectivity index (χ1) is 11.3. The Bertz CT molecular complexity index is 535. The molecule has 24 heavy (non-hydrogen) atoms. The van der Waals surface area contributed by atoms with Gasteiger partial charge >= 0.3 is 6.18 Å². The number of likely N-dealkylation sites (tertiary alicyclic amines) is 1. The molecule has 1 aromatic carbocycles. The molecule has 1 heterocycles. The number of carbonyl (C=O) groups excluding carboxylic acids is 1. The molecule has 0 atom stereocenters. The summed E-state index contributed by atoms with van der Waals surface area (Å²) in [5.41, 5.74) is 0.221. The number of nitrogens with zero attached hydrogens (tertiary/aromatic N) is 2. The highest BCUT2D eigenvalue weighted by Crippen LogP contribution is 2.29. The summed E-state index contributed by atoms with van der Waals surface area (Å²) < 4.78 is 37.6. The lowest BCUT2D eigenvalue weighted by molar-refractivity contribution is -0.137. The van der Waals surface area contributed by atoms with Crippen molar-refractivity contribution in [1.29, 1.82) is 0 Å². The molecule has 0 unspecified atom stereocenters. The van der Waals surface area contributed by atoms with Crippen molar-refractivity contribution in [3.05, 3.63) is 35.4 Å². The number of rotatable bonds is 5. The largest absolute Gasteiger partial charge is 0.416 e. The van der Waals surface area contributed by atoms with E-state index in [0.717, 1.165) is 43.6 Å². The Morgan fingerprint density at radius 1 is 1.21 bits per heavy atom. The first kappa shape index (κ1) is 18.7. The second kappa shape index (κ2) is 7.98. The first-order valence-corrected chi connectivity index (χ1v) is 8.07. The van der Waals surface area contributed by atoms with Crippen LogP contribution < -0.4 is 5.32 Å². The molecule has 7 heteroatoms. The van der Waals surface area contributed by atoms with Crippen LogP contribution in [-0.2, 0) is 17.5 Å². The van der Waals surface area contributed by atoms with Gasteiger partial charge in [-0.3, -0.25) is 9.69 Å². The highest BCUT2D eigenvalue weighted by Gasteiger charge is 2.30. The maximum Gasteiger partial charge on any atom is 0.416 e. The van der Waals surface area contributed by atoms with Crippen molar-refractivity contribution in [2.75, 3.05) is 33.7 Å². The van der Waals surface area contributed by atoms with Crippen LogP contribution in [-0.4, -0.2) is 55.5 Å². The molecule has 0 bridgehead atoms. The third kappa shape index (κ3) is 5.49. The molecule has 2 rings (SSSR count). The fraction of sp³-hybridized carbons (Fsp3) is 0.588. The molecule has 1 aromatic rings. The highest BCUT2D eigenvalue weighted by atomic mass is 19.4. The van der Waals surface area contributed by atoms with E-state index in [4.69, 9.17) is 0 Å². The van der Waals surface area contributed by atoms with Gasteiger partial charge in [0, 0.05) is 39.8 Å². The molecular formula is C17H24F3N3O. The number of halogens is 3. The Balaban J connectivity index is 1.74. The second-order valence-corrected chi connectivity index (χ2v) is 6.41. The average molecular weight is 343 g/mol. The maximum absolute atomic E-state index is 12.5. The van der Waals surface area contributed by atoms with Crippen LogP contribution in [0.2, 0.25) is 0 Å². The van der Waals surface area contributed by atoms with E-state index >= 15 is 0 Å². The molecule has 1 aliphatic rings. The molecule has 1 amide bonds. The van der Waals surface area contributed by atoms with Gasteiger partial charge in [0.1, 0.15) is 0 Å². The summed E-state index contributed by atoms with van der Waals surface area (Å²) in [7, 11) is 3.50. The molecular weight excluding hydrogens is 319 g/mol. The van der Waals surface area contributed by atoms with Crippen molar-refractivity contribution in [3.63, 3.8) is 0 Å². The summed E-state index contributed by atoms with van der Waals surface area (Å²) in [6.07, 6.45) is -2.43. The van der Waals surface area contributed by atoms with Gasteiger partial charge in [-0.15, -0.1) is 0 Å². The van der Waals surface area contributed by atoms with Gasteiger partial charge in [0.25, 0.3) is 0 Å². The quantitative estimate of drug-likeness (QED) is 0.891. The standard InChI is InChI=1S/C17H24F3N3O/c1-22(2)16(24)12-23-9-7-15(8-10-23)21-11-13-3-5-14(6-4-13)17(18,19)20/h3-6,15,21H,7-12H2,1-2H3. The van der Waals surface area contributed by atoms with Crippen molar-refractivity contribution in [2.24, 2.45) is 0 Å². The zero-order valence-electron chi connectivity index (χ0n) is 14.1. The highest BCUT2D eigenvalue weighted by molar-refractivity contribution is 5.77. The smallest absolute Gasteiger partial charge is 0.348 e. The number of alkyl halides is 3. The summed E-state index contributed by atoms with van der Waals surface area (Å²) in [6.45, 7) is 2.70. The number of piperidine rings is 1. The zero-order chi connectivity index (χ0) is 17.7. The van der Waals surface area contributed by atoms with Gasteiger partial charge < -0.3 is 10.2 Å².